The molecule has 9 heteroatoms. The molecule has 2 N–H and O–H groups in total. The summed E-state index contributed by atoms with van der Waals surface area (Å²) in [4.78, 5) is 39.1. The van der Waals surface area contributed by atoms with Gasteiger partial charge in [-0.05, 0) is 50.7 Å². The molecule has 2 atom stereocenters. The summed E-state index contributed by atoms with van der Waals surface area (Å²) in [7, 11) is 0. The number of aromatic nitrogens is 2. The summed E-state index contributed by atoms with van der Waals surface area (Å²) in [5, 5.41) is 13.4. The van der Waals surface area contributed by atoms with Crippen LogP contribution in [0.2, 0.25) is 0 Å². The molecule has 2 aliphatic heterocycles. The zero-order chi connectivity index (χ0) is 21.9. The number of rotatable bonds is 5. The Morgan fingerprint density at radius 2 is 2.10 bits per heavy atom. The Labute approximate surface area is 185 Å². The standard InChI is InChI=1S/C22H27N5O3S/c1-11-19(31-22(23-11)24-13(3)28)17-8-15-9-27(12(2)14-4-5-14)21(30)18(15)20(25-17)26-7-6-16(29)10-26/h8,12,14,16,29H,4-7,9-10H2,1-3H3,(H,23,24,28). The number of amides is 2. The molecule has 0 radical (unpaired) electrons. The largest absolute Gasteiger partial charge is 0.391 e. The van der Waals surface area contributed by atoms with E-state index in [1.54, 1.807) is 0 Å². The molecule has 1 saturated heterocycles. The highest BCUT2D eigenvalue weighted by atomic mass is 32.1. The summed E-state index contributed by atoms with van der Waals surface area (Å²) >= 11 is 1.39. The maximum absolute atomic E-state index is 13.4. The summed E-state index contributed by atoms with van der Waals surface area (Å²) in [6.45, 7) is 7.24. The fourth-order valence-corrected chi connectivity index (χ4v) is 5.59. The molecule has 0 bridgehead atoms. The third kappa shape index (κ3) is 3.70. The Morgan fingerprint density at radius 1 is 1.32 bits per heavy atom. The second kappa shape index (κ2) is 7.56. The smallest absolute Gasteiger partial charge is 0.258 e. The van der Waals surface area contributed by atoms with Crippen LogP contribution in [0.4, 0.5) is 10.9 Å². The van der Waals surface area contributed by atoms with Gasteiger partial charge >= 0.3 is 0 Å². The first kappa shape index (κ1) is 20.4. The third-order valence-electron chi connectivity index (χ3n) is 6.47. The molecule has 4 heterocycles. The van der Waals surface area contributed by atoms with E-state index in [2.05, 4.69) is 17.2 Å². The summed E-state index contributed by atoms with van der Waals surface area (Å²) in [5.74, 6) is 1.13. The van der Waals surface area contributed by atoms with Crippen molar-refractivity contribution in [3.63, 3.8) is 0 Å². The monoisotopic (exact) mass is 441 g/mol. The number of aryl methyl sites for hydroxylation is 1. The van der Waals surface area contributed by atoms with E-state index in [0.717, 1.165) is 21.8 Å². The van der Waals surface area contributed by atoms with Gasteiger partial charge in [0.05, 0.1) is 27.9 Å². The van der Waals surface area contributed by atoms with Crippen LogP contribution in [0.1, 0.15) is 54.7 Å². The molecule has 0 spiro atoms. The van der Waals surface area contributed by atoms with E-state index >= 15 is 0 Å². The second-order valence-corrected chi connectivity index (χ2v) is 9.88. The van der Waals surface area contributed by atoms with E-state index in [1.807, 2.05) is 22.8 Å². The van der Waals surface area contributed by atoms with Crippen molar-refractivity contribution in [2.45, 2.75) is 58.7 Å². The zero-order valence-electron chi connectivity index (χ0n) is 18.0. The van der Waals surface area contributed by atoms with Crippen LogP contribution in [0, 0.1) is 12.8 Å². The number of pyridine rings is 1. The van der Waals surface area contributed by atoms with Gasteiger partial charge in [-0.3, -0.25) is 9.59 Å². The molecule has 31 heavy (non-hydrogen) atoms. The summed E-state index contributed by atoms with van der Waals surface area (Å²) in [5.41, 5.74) is 3.21. The Hall–Kier alpha value is -2.52. The van der Waals surface area contributed by atoms with Gasteiger partial charge in [0.1, 0.15) is 5.82 Å². The highest BCUT2D eigenvalue weighted by molar-refractivity contribution is 7.19. The van der Waals surface area contributed by atoms with Crippen LogP contribution in [-0.4, -0.2) is 57.0 Å². The van der Waals surface area contributed by atoms with Gasteiger partial charge in [-0.1, -0.05) is 11.3 Å². The number of hydrogen-bond acceptors (Lipinski definition) is 7. The van der Waals surface area contributed by atoms with Gasteiger partial charge < -0.3 is 20.2 Å². The molecule has 8 nitrogen and oxygen atoms in total. The van der Waals surface area contributed by atoms with E-state index in [9.17, 15) is 14.7 Å². The third-order valence-corrected chi connectivity index (χ3v) is 7.56. The van der Waals surface area contributed by atoms with E-state index in [4.69, 9.17) is 4.98 Å². The fourth-order valence-electron chi connectivity index (χ4n) is 4.62. The number of fused-ring (bicyclic) bond motifs is 1. The van der Waals surface area contributed by atoms with Crippen molar-refractivity contribution >= 4 is 34.1 Å². The molecule has 164 valence electrons. The molecule has 5 rings (SSSR count). The number of aliphatic hydroxyl groups excluding tert-OH is 1. The Kier molecular flexibility index (Phi) is 4.97. The van der Waals surface area contributed by atoms with E-state index in [-0.39, 0.29) is 17.9 Å². The van der Waals surface area contributed by atoms with Crippen LogP contribution in [0.3, 0.4) is 0 Å². The molecule has 2 aromatic rings. The molecule has 3 aliphatic rings. The van der Waals surface area contributed by atoms with Gasteiger partial charge in [-0.2, -0.15) is 0 Å². The predicted molar refractivity (Wildman–Crippen MR) is 119 cm³/mol. The minimum Gasteiger partial charge on any atom is -0.391 e. The molecular weight excluding hydrogens is 414 g/mol. The molecule has 2 aromatic heterocycles. The minimum atomic E-state index is -0.407. The number of hydrogen-bond donors (Lipinski definition) is 2. The molecule has 2 amide bonds. The molecule has 1 aliphatic carbocycles. The molecule has 0 aromatic carbocycles. The number of β-amino-alcohol motifs (C(OH)–C–C–N with tert-alkyl or cyclic N) is 1. The topological polar surface area (TPSA) is 98.7 Å². The maximum atomic E-state index is 13.4. The SMILES string of the molecule is CC(=O)Nc1nc(C)c(-c2cc3c(c(N4CCC(O)C4)n2)C(=O)N(C(C)C2CC2)C3)s1. The first-order valence-corrected chi connectivity index (χ1v) is 11.7. The molecular formula is C22H27N5O3S. The molecule has 1 saturated carbocycles. The summed E-state index contributed by atoms with van der Waals surface area (Å²) in [6, 6.07) is 2.22. The lowest BCUT2D eigenvalue weighted by Gasteiger charge is -2.24. The van der Waals surface area contributed by atoms with Crippen molar-refractivity contribution in [2.24, 2.45) is 5.92 Å². The fraction of sp³-hybridized carbons (Fsp3) is 0.545. The molecule has 2 unspecified atom stereocenters. The van der Waals surface area contributed by atoms with Crippen LogP contribution in [-0.2, 0) is 11.3 Å². The Balaban J connectivity index is 1.58. The van der Waals surface area contributed by atoms with Crippen LogP contribution >= 0.6 is 11.3 Å². The second-order valence-electron chi connectivity index (χ2n) is 8.88. The van der Waals surface area contributed by atoms with Crippen molar-refractivity contribution in [1.82, 2.24) is 14.9 Å². The zero-order valence-corrected chi connectivity index (χ0v) is 18.8. The highest BCUT2D eigenvalue weighted by Gasteiger charge is 2.41. The Morgan fingerprint density at radius 3 is 2.74 bits per heavy atom. The number of nitrogens with one attached hydrogen (secondary N) is 1. The van der Waals surface area contributed by atoms with Crippen LogP contribution in [0.5, 0.6) is 0 Å². The van der Waals surface area contributed by atoms with Crippen molar-refractivity contribution in [1.29, 1.82) is 0 Å². The van der Waals surface area contributed by atoms with Gasteiger partial charge in [0.2, 0.25) is 5.91 Å². The van der Waals surface area contributed by atoms with Crippen molar-refractivity contribution < 1.29 is 14.7 Å². The lowest BCUT2D eigenvalue weighted by atomic mass is 10.1. The number of aliphatic hydroxyl groups is 1. The summed E-state index contributed by atoms with van der Waals surface area (Å²) in [6.07, 6.45) is 2.63. The van der Waals surface area contributed by atoms with Crippen molar-refractivity contribution in [2.75, 3.05) is 23.3 Å². The predicted octanol–water partition coefficient (Wildman–Crippen LogP) is 2.80. The van der Waals surface area contributed by atoms with Crippen LogP contribution in [0.15, 0.2) is 6.07 Å². The number of carbonyl (C=O) groups is 2. The van der Waals surface area contributed by atoms with Crippen molar-refractivity contribution in [3.8, 4) is 10.6 Å². The molecule has 2 fully saturated rings. The van der Waals surface area contributed by atoms with Gasteiger partial charge in [0.25, 0.3) is 5.91 Å². The number of thiazole rings is 1. The first-order chi connectivity index (χ1) is 14.8. The average molecular weight is 442 g/mol. The van der Waals surface area contributed by atoms with E-state index in [0.29, 0.717) is 48.5 Å². The lowest BCUT2D eigenvalue weighted by Crippen LogP contribution is -2.35. The first-order valence-electron chi connectivity index (χ1n) is 10.8. The van der Waals surface area contributed by atoms with Crippen LogP contribution in [0.25, 0.3) is 10.6 Å². The number of carbonyl (C=O) groups excluding carboxylic acids is 2. The maximum Gasteiger partial charge on any atom is 0.258 e. The van der Waals surface area contributed by atoms with Gasteiger partial charge in [-0.15, -0.1) is 0 Å². The summed E-state index contributed by atoms with van der Waals surface area (Å²) < 4.78 is 0. The van der Waals surface area contributed by atoms with E-state index < -0.39 is 6.10 Å². The lowest BCUT2D eigenvalue weighted by molar-refractivity contribution is -0.114. The van der Waals surface area contributed by atoms with E-state index in [1.165, 1.54) is 31.1 Å². The van der Waals surface area contributed by atoms with Gasteiger partial charge in [-0.25, -0.2) is 9.97 Å². The Bertz CT molecular complexity index is 1060. The highest BCUT2D eigenvalue weighted by Crippen LogP contribution is 2.42. The van der Waals surface area contributed by atoms with Gasteiger partial charge in [0, 0.05) is 32.6 Å². The normalized spacial score (nSPS) is 21.5. The minimum absolute atomic E-state index is 0.0461. The average Bonchev–Trinajstić information content (AvgIpc) is 3.26. The van der Waals surface area contributed by atoms with Crippen LogP contribution < -0.4 is 10.2 Å². The number of nitrogens with zero attached hydrogens (tertiary/aromatic N) is 4. The number of anilines is 2. The van der Waals surface area contributed by atoms with Crippen molar-refractivity contribution in [3.05, 3.63) is 22.9 Å². The van der Waals surface area contributed by atoms with Gasteiger partial charge in [0.15, 0.2) is 5.13 Å². The quantitative estimate of drug-likeness (QED) is 0.740.